The van der Waals surface area contributed by atoms with E-state index in [0.29, 0.717) is 16.7 Å². The molecule has 0 saturated carbocycles. The Labute approximate surface area is 184 Å². The van der Waals surface area contributed by atoms with Gasteiger partial charge in [0.2, 0.25) is 0 Å². The van der Waals surface area contributed by atoms with E-state index in [1.807, 2.05) is 0 Å². The summed E-state index contributed by atoms with van der Waals surface area (Å²) in [6.45, 7) is 0.134. The Morgan fingerprint density at radius 3 is 2.34 bits per heavy atom. The van der Waals surface area contributed by atoms with E-state index in [1.54, 1.807) is 54.3 Å². The topological polar surface area (TPSA) is 126 Å². The molecule has 2 aromatic carbocycles. The molecule has 0 unspecified atom stereocenters. The Kier molecular flexibility index (Phi) is 6.04. The van der Waals surface area contributed by atoms with Crippen LogP contribution in [0.15, 0.2) is 54.9 Å². The van der Waals surface area contributed by atoms with Crippen LogP contribution >= 0.6 is 0 Å². The van der Waals surface area contributed by atoms with Crippen molar-refractivity contribution in [2.45, 2.75) is 24.9 Å². The van der Waals surface area contributed by atoms with E-state index < -0.39 is 27.1 Å². The van der Waals surface area contributed by atoms with Crippen LogP contribution in [0.2, 0.25) is 0 Å². The minimum absolute atomic E-state index is 0.0275. The first-order valence-corrected chi connectivity index (χ1v) is 11.8. The number of aromatic nitrogens is 3. The molecule has 1 fully saturated rings. The van der Waals surface area contributed by atoms with Gasteiger partial charge in [0, 0.05) is 12.1 Å². The lowest BCUT2D eigenvalue weighted by atomic mass is 9.91. The fraction of sp³-hybridized carbons (Fsp3) is 0.286. The van der Waals surface area contributed by atoms with Gasteiger partial charge in [0.25, 0.3) is 5.91 Å². The second-order valence-corrected chi connectivity index (χ2v) is 10.0. The Morgan fingerprint density at radius 2 is 1.75 bits per heavy atom. The van der Waals surface area contributed by atoms with E-state index in [0.717, 1.165) is 5.69 Å². The molecule has 0 atom stereocenters. The molecule has 9 nitrogen and oxygen atoms in total. The summed E-state index contributed by atoms with van der Waals surface area (Å²) in [5.41, 5.74) is 2.82. The molecule has 1 saturated heterocycles. The molecule has 3 aromatic rings. The largest absolute Gasteiger partial charge is 0.299 e. The first-order chi connectivity index (χ1) is 15.3. The van der Waals surface area contributed by atoms with E-state index in [1.165, 1.54) is 10.9 Å². The highest BCUT2D eigenvalue weighted by Gasteiger charge is 2.43. The summed E-state index contributed by atoms with van der Waals surface area (Å²) in [4.78, 5) is 13.7. The zero-order valence-corrected chi connectivity index (χ0v) is 17.8. The number of benzene rings is 2. The van der Waals surface area contributed by atoms with E-state index in [-0.39, 0.29) is 30.9 Å². The van der Waals surface area contributed by atoms with Crippen LogP contribution in [-0.2, 0) is 21.2 Å². The van der Waals surface area contributed by atoms with Gasteiger partial charge in [0.15, 0.2) is 0 Å². The summed E-state index contributed by atoms with van der Waals surface area (Å²) in [6, 6.07) is 11.9. The lowest BCUT2D eigenvalue weighted by molar-refractivity contribution is -0.136. The molecule has 0 spiro atoms. The van der Waals surface area contributed by atoms with E-state index in [9.17, 15) is 17.6 Å². The summed E-state index contributed by atoms with van der Waals surface area (Å²) in [5, 5.41) is 20.2. The van der Waals surface area contributed by atoms with Crippen LogP contribution < -0.4 is 10.8 Å². The molecule has 1 aromatic heterocycles. The number of hydrogen-bond acceptors (Lipinski definition) is 7. The van der Waals surface area contributed by atoms with Gasteiger partial charge in [-0.3, -0.25) is 15.3 Å². The number of carbonyl (C=O) groups excluding carboxylic acids is 1. The first kappa shape index (κ1) is 22.1. The maximum Gasteiger partial charge on any atom is 0.263 e. The minimum Gasteiger partial charge on any atom is -0.299 e. The van der Waals surface area contributed by atoms with Gasteiger partial charge >= 0.3 is 0 Å². The van der Waals surface area contributed by atoms with Gasteiger partial charge in [-0.1, -0.05) is 24.3 Å². The summed E-state index contributed by atoms with van der Waals surface area (Å²) in [6.07, 6.45) is 3.20. The van der Waals surface area contributed by atoms with Crippen LogP contribution in [-0.4, -0.2) is 51.6 Å². The van der Waals surface area contributed by atoms with Gasteiger partial charge < -0.3 is 0 Å². The third-order valence-corrected chi connectivity index (χ3v) is 7.36. The molecule has 3 N–H and O–H groups in total. The quantitative estimate of drug-likeness (QED) is 0.378. The summed E-state index contributed by atoms with van der Waals surface area (Å²) >= 11 is 0. The number of rotatable bonds is 6. The summed E-state index contributed by atoms with van der Waals surface area (Å²) in [5.74, 6) is -1.45. The lowest BCUT2D eigenvalue weighted by Gasteiger charge is -2.35. The fourth-order valence-electron chi connectivity index (χ4n) is 3.77. The normalized spacial score (nSPS) is 17.1. The number of nitrogens with zero attached hydrogens (tertiary/aromatic N) is 3. The number of carbonyl (C=O) groups is 1. The van der Waals surface area contributed by atoms with Crippen molar-refractivity contribution in [3.05, 3.63) is 66.2 Å². The van der Waals surface area contributed by atoms with E-state index in [4.69, 9.17) is 5.21 Å². The standard InChI is InChI=1S/C21H22FN5O4S/c22-19-13-15(14-23-21(20(28)26-29)7-11-32(30,31)12-8-21)1-6-18(19)16-2-4-17(5-3-16)27-24-9-10-25-27/h1-6,9-10,13,23,29H,7-8,11-12,14H2,(H,26,28). The molecule has 11 heteroatoms. The Balaban J connectivity index is 1.49. The molecule has 0 bridgehead atoms. The molecular weight excluding hydrogens is 437 g/mol. The Bertz CT molecular complexity index is 1200. The second-order valence-electron chi connectivity index (χ2n) is 7.71. The monoisotopic (exact) mass is 459 g/mol. The molecule has 32 heavy (non-hydrogen) atoms. The van der Waals surface area contributed by atoms with Crippen molar-refractivity contribution < 1.29 is 22.8 Å². The molecule has 1 aliphatic rings. The number of hydrogen-bond donors (Lipinski definition) is 3. The second kappa shape index (κ2) is 8.77. The van der Waals surface area contributed by atoms with Gasteiger partial charge in [-0.05, 0) is 42.2 Å². The Morgan fingerprint density at radius 1 is 1.09 bits per heavy atom. The number of nitrogens with one attached hydrogen (secondary N) is 2. The van der Waals surface area contributed by atoms with Crippen molar-refractivity contribution >= 4 is 15.7 Å². The highest BCUT2D eigenvalue weighted by atomic mass is 32.2. The minimum atomic E-state index is -3.21. The van der Waals surface area contributed by atoms with Crippen LogP contribution in [0.1, 0.15) is 18.4 Å². The number of amides is 1. The lowest BCUT2D eigenvalue weighted by Crippen LogP contribution is -2.59. The van der Waals surface area contributed by atoms with Crippen molar-refractivity contribution in [1.82, 2.24) is 25.8 Å². The highest BCUT2D eigenvalue weighted by molar-refractivity contribution is 7.91. The van der Waals surface area contributed by atoms with Crippen molar-refractivity contribution in [3.63, 3.8) is 0 Å². The molecular formula is C21H22FN5O4S. The molecule has 1 aliphatic heterocycles. The predicted molar refractivity (Wildman–Crippen MR) is 114 cm³/mol. The molecule has 1 amide bonds. The van der Waals surface area contributed by atoms with Crippen LogP contribution in [0.5, 0.6) is 0 Å². The SMILES string of the molecule is O=C(NO)C1(NCc2ccc(-c3ccc(-n4nccn4)cc3)c(F)c2)CCS(=O)(=O)CC1. The average molecular weight is 460 g/mol. The van der Waals surface area contributed by atoms with E-state index in [2.05, 4.69) is 15.5 Å². The van der Waals surface area contributed by atoms with Crippen molar-refractivity contribution in [2.75, 3.05) is 11.5 Å². The molecule has 0 aliphatic carbocycles. The van der Waals surface area contributed by atoms with Crippen molar-refractivity contribution in [3.8, 4) is 16.8 Å². The van der Waals surface area contributed by atoms with Crippen LogP contribution in [0.3, 0.4) is 0 Å². The van der Waals surface area contributed by atoms with Crippen molar-refractivity contribution in [1.29, 1.82) is 0 Å². The van der Waals surface area contributed by atoms with E-state index >= 15 is 0 Å². The van der Waals surface area contributed by atoms with Crippen LogP contribution in [0.4, 0.5) is 4.39 Å². The van der Waals surface area contributed by atoms with Crippen molar-refractivity contribution in [2.24, 2.45) is 0 Å². The molecule has 4 rings (SSSR count). The van der Waals surface area contributed by atoms with Gasteiger partial charge in [0.1, 0.15) is 21.2 Å². The van der Waals surface area contributed by atoms with Gasteiger partial charge in [0.05, 0.1) is 29.6 Å². The number of halogens is 1. The summed E-state index contributed by atoms with van der Waals surface area (Å²) < 4.78 is 38.3. The first-order valence-electron chi connectivity index (χ1n) is 9.97. The molecule has 0 radical (unpaired) electrons. The smallest absolute Gasteiger partial charge is 0.263 e. The molecule has 168 valence electrons. The van der Waals surface area contributed by atoms with Gasteiger partial charge in [-0.2, -0.15) is 15.0 Å². The fourth-order valence-corrected chi connectivity index (χ4v) is 5.30. The highest BCUT2D eigenvalue weighted by Crippen LogP contribution is 2.27. The van der Waals surface area contributed by atoms with Crippen LogP contribution in [0, 0.1) is 5.82 Å². The third-order valence-electron chi connectivity index (χ3n) is 5.71. The maximum absolute atomic E-state index is 14.8. The average Bonchev–Trinajstić information content (AvgIpc) is 3.33. The predicted octanol–water partition coefficient (Wildman–Crippen LogP) is 1.62. The number of sulfone groups is 1. The van der Waals surface area contributed by atoms with Gasteiger partial charge in [-0.25, -0.2) is 18.3 Å². The summed E-state index contributed by atoms with van der Waals surface area (Å²) in [7, 11) is -3.21. The number of hydroxylamine groups is 1. The molecule has 2 heterocycles. The van der Waals surface area contributed by atoms with Crippen LogP contribution in [0.25, 0.3) is 16.8 Å². The Hall–Kier alpha value is -3.15. The maximum atomic E-state index is 14.8. The zero-order valence-electron chi connectivity index (χ0n) is 17.0. The van der Waals surface area contributed by atoms with Gasteiger partial charge in [-0.15, -0.1) is 0 Å². The third kappa shape index (κ3) is 4.54. The zero-order chi connectivity index (χ0) is 22.8.